The summed E-state index contributed by atoms with van der Waals surface area (Å²) in [6.45, 7) is 7.42. The Morgan fingerprint density at radius 2 is 1.63 bits per heavy atom. The zero-order valence-corrected chi connectivity index (χ0v) is 26.5. The van der Waals surface area contributed by atoms with Gasteiger partial charge in [-0.25, -0.2) is 13.6 Å². The number of nitrogens with two attached hydrogens (primary N) is 1. The number of carboxylic acids is 2. The fourth-order valence-corrected chi connectivity index (χ4v) is 5.48. The van der Waals surface area contributed by atoms with Crippen molar-refractivity contribution < 1.29 is 46.5 Å². The van der Waals surface area contributed by atoms with Crippen molar-refractivity contribution in [1.82, 2.24) is 9.47 Å². The molecule has 2 aromatic carbocycles. The Labute approximate surface area is 268 Å². The van der Waals surface area contributed by atoms with Crippen LogP contribution in [0.15, 0.2) is 60.8 Å². The van der Waals surface area contributed by atoms with E-state index in [1.54, 1.807) is 0 Å². The molecule has 3 rings (SSSR count). The number of aliphatic carboxylic acids is 2. The molecule has 0 bridgehead atoms. The fourth-order valence-electron chi connectivity index (χ4n) is 4.67. The van der Waals surface area contributed by atoms with Crippen molar-refractivity contribution in [3.8, 4) is 11.1 Å². The number of nitrogens with zero attached hydrogens (tertiary/aromatic N) is 2. The number of benzene rings is 2. The molecule has 0 spiro atoms. The van der Waals surface area contributed by atoms with Gasteiger partial charge in [-0.2, -0.15) is 24.9 Å². The molecule has 4 N–H and O–H groups in total. The molecule has 1 amide bonds. The average Bonchev–Trinajstić information content (AvgIpc) is 3.36. The minimum Gasteiger partial charge on any atom is -0.481 e. The second kappa shape index (κ2) is 17.1. The predicted molar refractivity (Wildman–Crippen MR) is 166 cm³/mol. The van der Waals surface area contributed by atoms with Crippen LogP contribution < -0.4 is 5.73 Å². The van der Waals surface area contributed by atoms with Crippen molar-refractivity contribution in [2.24, 2.45) is 11.1 Å². The van der Waals surface area contributed by atoms with Gasteiger partial charge in [-0.3, -0.25) is 9.59 Å². The number of carbonyl (C=O) groups excluding carboxylic acids is 1. The predicted octanol–water partition coefficient (Wildman–Crippen LogP) is 6.59. The number of alkyl halides is 3. The van der Waals surface area contributed by atoms with Gasteiger partial charge in [-0.15, -0.1) is 0 Å². The molecule has 8 nitrogen and oxygen atoms in total. The Bertz CT molecular complexity index is 1460. The SMILES string of the molecule is CC(C)(C)[C@H](c1cc(-c2cc(F)ccc2F)cn1Cc1ccccc1)N(CCCN)C(=O)CSCCC(=O)O.O=C(O)C(F)(F)F. The lowest BCUT2D eigenvalue weighted by atomic mass is 9.83. The number of hydrogen-bond acceptors (Lipinski definition) is 5. The van der Waals surface area contributed by atoms with Crippen LogP contribution in [0.25, 0.3) is 11.1 Å². The number of thioether (sulfide) groups is 1. The van der Waals surface area contributed by atoms with Gasteiger partial charge in [0.05, 0.1) is 18.2 Å². The Morgan fingerprint density at radius 1 is 1.00 bits per heavy atom. The highest BCUT2D eigenvalue weighted by Crippen LogP contribution is 2.41. The Kier molecular flexibility index (Phi) is 14.3. The van der Waals surface area contributed by atoms with Crippen molar-refractivity contribution >= 4 is 29.6 Å². The van der Waals surface area contributed by atoms with Crippen LogP contribution in [-0.4, -0.2) is 68.3 Å². The number of halogens is 5. The van der Waals surface area contributed by atoms with E-state index in [2.05, 4.69) is 0 Å². The van der Waals surface area contributed by atoms with Gasteiger partial charge in [-0.1, -0.05) is 51.1 Å². The fraction of sp³-hybridized carbons (Fsp3) is 0.406. The minimum absolute atomic E-state index is 0.0219. The highest BCUT2D eigenvalue weighted by atomic mass is 32.2. The maximum atomic E-state index is 14.8. The zero-order chi connectivity index (χ0) is 34.7. The van der Waals surface area contributed by atoms with E-state index in [1.165, 1.54) is 17.8 Å². The van der Waals surface area contributed by atoms with E-state index in [0.717, 1.165) is 23.4 Å². The number of hydrogen-bond donors (Lipinski definition) is 3. The third-order valence-electron chi connectivity index (χ3n) is 6.63. The topological polar surface area (TPSA) is 126 Å². The number of aromatic nitrogens is 1. The summed E-state index contributed by atoms with van der Waals surface area (Å²) < 4.78 is 62.7. The molecular weight excluding hydrogens is 633 g/mol. The molecule has 1 atom stereocenters. The molecule has 0 aliphatic carbocycles. The molecule has 252 valence electrons. The molecule has 46 heavy (non-hydrogen) atoms. The van der Waals surface area contributed by atoms with Crippen molar-refractivity contribution in [2.45, 2.75) is 52.4 Å². The van der Waals surface area contributed by atoms with Gasteiger partial charge in [0.25, 0.3) is 0 Å². The maximum Gasteiger partial charge on any atom is 0.490 e. The molecule has 3 aromatic rings. The summed E-state index contributed by atoms with van der Waals surface area (Å²) in [5, 5.41) is 16.1. The smallest absolute Gasteiger partial charge is 0.481 e. The van der Waals surface area contributed by atoms with E-state index >= 15 is 0 Å². The van der Waals surface area contributed by atoms with Crippen LogP contribution in [0.3, 0.4) is 0 Å². The van der Waals surface area contributed by atoms with E-state index in [9.17, 15) is 31.5 Å². The average molecular weight is 672 g/mol. The van der Waals surface area contributed by atoms with E-state index in [1.807, 2.05) is 72.8 Å². The van der Waals surface area contributed by atoms with Crippen LogP contribution in [0.4, 0.5) is 22.0 Å². The molecule has 0 radical (unpaired) electrons. The first-order valence-corrected chi connectivity index (χ1v) is 15.4. The van der Waals surface area contributed by atoms with E-state index < -0.39 is 41.2 Å². The van der Waals surface area contributed by atoms with Gasteiger partial charge in [-0.05, 0) is 48.2 Å². The third kappa shape index (κ3) is 11.8. The molecule has 0 aliphatic heterocycles. The van der Waals surface area contributed by atoms with Crippen molar-refractivity contribution in [3.05, 3.63) is 83.7 Å². The minimum atomic E-state index is -5.08. The van der Waals surface area contributed by atoms with Crippen LogP contribution in [0.5, 0.6) is 0 Å². The highest BCUT2D eigenvalue weighted by molar-refractivity contribution is 7.99. The monoisotopic (exact) mass is 671 g/mol. The van der Waals surface area contributed by atoms with Gasteiger partial charge in [0, 0.05) is 41.9 Å². The number of carbonyl (C=O) groups is 3. The largest absolute Gasteiger partial charge is 0.490 e. The summed E-state index contributed by atoms with van der Waals surface area (Å²) >= 11 is 1.29. The van der Waals surface area contributed by atoms with E-state index in [0.29, 0.717) is 37.4 Å². The zero-order valence-electron chi connectivity index (χ0n) is 25.7. The number of rotatable bonds is 13. The van der Waals surface area contributed by atoms with Crippen LogP contribution in [0.1, 0.15) is 50.9 Å². The van der Waals surface area contributed by atoms with Crippen molar-refractivity contribution in [3.63, 3.8) is 0 Å². The molecule has 0 unspecified atom stereocenters. The molecule has 14 heteroatoms. The molecule has 1 aromatic heterocycles. The Morgan fingerprint density at radius 3 is 2.17 bits per heavy atom. The van der Waals surface area contributed by atoms with Crippen molar-refractivity contribution in [2.75, 3.05) is 24.6 Å². The normalized spacial score (nSPS) is 12.2. The lowest BCUT2D eigenvalue weighted by molar-refractivity contribution is -0.192. The lowest BCUT2D eigenvalue weighted by Gasteiger charge is -2.41. The first-order valence-electron chi connectivity index (χ1n) is 14.2. The summed E-state index contributed by atoms with van der Waals surface area (Å²) in [5.74, 6) is -4.38. The van der Waals surface area contributed by atoms with Gasteiger partial charge >= 0.3 is 18.1 Å². The third-order valence-corrected chi connectivity index (χ3v) is 7.57. The summed E-state index contributed by atoms with van der Waals surface area (Å²) in [6, 6.07) is 14.6. The molecular formula is C32H38F5N3O5S. The second-order valence-electron chi connectivity index (χ2n) is 11.4. The highest BCUT2D eigenvalue weighted by Gasteiger charge is 2.38. The van der Waals surface area contributed by atoms with Gasteiger partial charge in [0.1, 0.15) is 11.6 Å². The summed E-state index contributed by atoms with van der Waals surface area (Å²) in [6.07, 6.45) is -2.71. The quantitative estimate of drug-likeness (QED) is 0.138. The van der Waals surface area contributed by atoms with Crippen LogP contribution in [0, 0.1) is 17.0 Å². The van der Waals surface area contributed by atoms with Gasteiger partial charge in [0.2, 0.25) is 5.91 Å². The first kappa shape index (κ1) is 38.3. The van der Waals surface area contributed by atoms with Gasteiger partial charge in [0.15, 0.2) is 0 Å². The summed E-state index contributed by atoms with van der Waals surface area (Å²) in [5.41, 5.74) is 7.90. The van der Waals surface area contributed by atoms with E-state index in [4.69, 9.17) is 20.7 Å². The van der Waals surface area contributed by atoms with Crippen molar-refractivity contribution in [1.29, 1.82) is 0 Å². The molecule has 1 heterocycles. The Hall–Kier alpha value is -3.91. The molecule has 0 fully saturated rings. The molecule has 0 saturated carbocycles. The van der Waals surface area contributed by atoms with Gasteiger partial charge < -0.3 is 25.4 Å². The standard InChI is InChI=1S/C30H37F2N3O3S.C2HF3O2/c1-30(2,3)29(35(14-7-13-33)27(36)20-39-15-12-28(37)38)26-16-22(24-17-23(31)10-11-25(24)32)19-34(26)18-21-8-5-4-6-9-21;3-2(4,5)1(6)7/h4-6,8-11,16-17,19,29H,7,12-15,18,20,33H2,1-3H3,(H,37,38);(H,6,7)/t29-;/m0./s1. The maximum absolute atomic E-state index is 14.8. The summed E-state index contributed by atoms with van der Waals surface area (Å²) in [7, 11) is 0. The number of carboxylic acid groups (broad SMARTS) is 2. The molecule has 0 saturated heterocycles. The summed E-state index contributed by atoms with van der Waals surface area (Å²) in [4.78, 5) is 35.2. The Balaban J connectivity index is 0.000000942. The second-order valence-corrected chi connectivity index (χ2v) is 12.5. The lowest BCUT2D eigenvalue weighted by Crippen LogP contribution is -2.44. The van der Waals surface area contributed by atoms with Crippen LogP contribution >= 0.6 is 11.8 Å². The van der Waals surface area contributed by atoms with Crippen LogP contribution in [0.2, 0.25) is 0 Å². The number of amides is 1. The first-order chi connectivity index (χ1) is 21.4. The molecule has 0 aliphatic rings. The van der Waals surface area contributed by atoms with E-state index in [-0.39, 0.29) is 23.6 Å². The van der Waals surface area contributed by atoms with Crippen LogP contribution in [-0.2, 0) is 20.9 Å².